The lowest BCUT2D eigenvalue weighted by Crippen LogP contribution is -2.14. The standard InChI is InChI=1S/C17H18N2O4S/c1-3-11(2)13-6-4-5-7-14(13)19-24(21,22)12-8-9-15-16(10-12)23-17(20)18-15/h4-11,19H,3H2,1-2H3,(H,18,20). The summed E-state index contributed by atoms with van der Waals surface area (Å²) in [5.74, 6) is -0.385. The minimum absolute atomic E-state index is 0.0386. The maximum Gasteiger partial charge on any atom is 0.417 e. The molecule has 1 aromatic heterocycles. The van der Waals surface area contributed by atoms with Gasteiger partial charge in [0.25, 0.3) is 10.0 Å². The zero-order chi connectivity index (χ0) is 17.3. The summed E-state index contributed by atoms with van der Waals surface area (Å²) in [5, 5.41) is 0. The molecule has 0 amide bonds. The summed E-state index contributed by atoms with van der Waals surface area (Å²) in [4.78, 5) is 13.7. The number of sulfonamides is 1. The summed E-state index contributed by atoms with van der Waals surface area (Å²) in [5.41, 5.74) is 2.16. The van der Waals surface area contributed by atoms with Crippen molar-refractivity contribution in [2.75, 3.05) is 4.72 Å². The maximum absolute atomic E-state index is 12.7. The van der Waals surface area contributed by atoms with Gasteiger partial charge in [-0.1, -0.05) is 32.0 Å². The van der Waals surface area contributed by atoms with E-state index in [1.807, 2.05) is 19.1 Å². The van der Waals surface area contributed by atoms with Gasteiger partial charge in [0.2, 0.25) is 0 Å². The summed E-state index contributed by atoms with van der Waals surface area (Å²) in [6, 6.07) is 11.6. The van der Waals surface area contributed by atoms with Crippen molar-refractivity contribution in [1.82, 2.24) is 4.98 Å². The summed E-state index contributed by atoms with van der Waals surface area (Å²) in [6.07, 6.45) is 0.902. The molecule has 2 N–H and O–H groups in total. The molecular formula is C17H18N2O4S. The number of rotatable bonds is 5. The zero-order valence-corrected chi connectivity index (χ0v) is 14.2. The topological polar surface area (TPSA) is 92.2 Å². The van der Waals surface area contributed by atoms with E-state index in [-0.39, 0.29) is 16.4 Å². The Labute approximate surface area is 139 Å². The molecule has 0 spiro atoms. The molecule has 1 unspecified atom stereocenters. The predicted molar refractivity (Wildman–Crippen MR) is 92.8 cm³/mol. The smallest absolute Gasteiger partial charge is 0.408 e. The molecule has 126 valence electrons. The fourth-order valence-electron chi connectivity index (χ4n) is 2.54. The fourth-order valence-corrected chi connectivity index (χ4v) is 3.64. The van der Waals surface area contributed by atoms with Crippen molar-refractivity contribution in [3.63, 3.8) is 0 Å². The number of anilines is 1. The molecule has 0 aliphatic heterocycles. The van der Waals surface area contributed by atoms with Gasteiger partial charge in [-0.15, -0.1) is 0 Å². The minimum Gasteiger partial charge on any atom is -0.408 e. The maximum atomic E-state index is 12.7. The van der Waals surface area contributed by atoms with Crippen LogP contribution in [0.2, 0.25) is 0 Å². The van der Waals surface area contributed by atoms with E-state index in [1.54, 1.807) is 12.1 Å². The molecule has 0 aliphatic carbocycles. The van der Waals surface area contributed by atoms with Gasteiger partial charge in [0.15, 0.2) is 5.58 Å². The van der Waals surface area contributed by atoms with Gasteiger partial charge in [-0.3, -0.25) is 9.71 Å². The van der Waals surface area contributed by atoms with Crippen LogP contribution in [0.1, 0.15) is 31.7 Å². The van der Waals surface area contributed by atoms with E-state index in [4.69, 9.17) is 4.42 Å². The first kappa shape index (κ1) is 16.3. The van der Waals surface area contributed by atoms with Crippen LogP contribution in [0.4, 0.5) is 5.69 Å². The van der Waals surface area contributed by atoms with Crippen molar-refractivity contribution < 1.29 is 12.8 Å². The van der Waals surface area contributed by atoms with Gasteiger partial charge < -0.3 is 4.42 Å². The van der Waals surface area contributed by atoms with Crippen LogP contribution in [0.5, 0.6) is 0 Å². The second-order valence-electron chi connectivity index (χ2n) is 5.67. The average Bonchev–Trinajstić information content (AvgIpc) is 2.93. The number of hydrogen-bond acceptors (Lipinski definition) is 4. The SMILES string of the molecule is CCC(C)c1ccccc1NS(=O)(=O)c1ccc2[nH]c(=O)oc2c1. The molecule has 2 aromatic carbocycles. The summed E-state index contributed by atoms with van der Waals surface area (Å²) in [7, 11) is -3.79. The summed E-state index contributed by atoms with van der Waals surface area (Å²) < 4.78 is 32.9. The summed E-state index contributed by atoms with van der Waals surface area (Å²) in [6.45, 7) is 4.10. The summed E-state index contributed by atoms with van der Waals surface area (Å²) >= 11 is 0. The van der Waals surface area contributed by atoms with Crippen LogP contribution < -0.4 is 10.5 Å². The Morgan fingerprint density at radius 2 is 1.96 bits per heavy atom. The lowest BCUT2D eigenvalue weighted by Gasteiger charge is -2.16. The van der Waals surface area contributed by atoms with E-state index in [0.29, 0.717) is 11.2 Å². The van der Waals surface area contributed by atoms with Crippen LogP contribution in [0.25, 0.3) is 11.1 Å². The molecular weight excluding hydrogens is 328 g/mol. The number of H-pyrrole nitrogens is 1. The van der Waals surface area contributed by atoms with Gasteiger partial charge in [-0.2, -0.15) is 0 Å². The van der Waals surface area contributed by atoms with Crippen LogP contribution in [0, 0.1) is 0 Å². The fraction of sp³-hybridized carbons (Fsp3) is 0.235. The third-order valence-electron chi connectivity index (χ3n) is 4.05. The van der Waals surface area contributed by atoms with Gasteiger partial charge in [-0.25, -0.2) is 13.2 Å². The van der Waals surface area contributed by atoms with E-state index in [2.05, 4.69) is 16.6 Å². The van der Waals surface area contributed by atoms with E-state index in [9.17, 15) is 13.2 Å². The van der Waals surface area contributed by atoms with Crippen molar-refractivity contribution in [2.24, 2.45) is 0 Å². The molecule has 0 aliphatic rings. The molecule has 3 rings (SSSR count). The van der Waals surface area contributed by atoms with Crippen LogP contribution in [-0.2, 0) is 10.0 Å². The van der Waals surface area contributed by atoms with Gasteiger partial charge in [0.1, 0.15) is 0 Å². The molecule has 1 heterocycles. The quantitative estimate of drug-likeness (QED) is 0.740. The highest BCUT2D eigenvalue weighted by Crippen LogP contribution is 2.28. The molecule has 1 atom stereocenters. The number of oxazole rings is 1. The lowest BCUT2D eigenvalue weighted by molar-refractivity contribution is 0.554. The van der Waals surface area contributed by atoms with E-state index >= 15 is 0 Å². The molecule has 7 heteroatoms. The molecule has 0 bridgehead atoms. The third kappa shape index (κ3) is 3.07. The van der Waals surface area contributed by atoms with Crippen LogP contribution in [0.3, 0.4) is 0 Å². The number of aromatic amines is 1. The van der Waals surface area contributed by atoms with E-state index in [0.717, 1.165) is 12.0 Å². The van der Waals surface area contributed by atoms with Crippen molar-refractivity contribution >= 4 is 26.8 Å². The number of aromatic nitrogens is 1. The Kier molecular flexibility index (Phi) is 4.19. The molecule has 24 heavy (non-hydrogen) atoms. The van der Waals surface area contributed by atoms with E-state index < -0.39 is 15.8 Å². The van der Waals surface area contributed by atoms with Crippen molar-refractivity contribution in [3.8, 4) is 0 Å². The highest BCUT2D eigenvalue weighted by molar-refractivity contribution is 7.92. The second kappa shape index (κ2) is 6.16. The van der Waals surface area contributed by atoms with Crippen LogP contribution in [-0.4, -0.2) is 13.4 Å². The molecule has 0 radical (unpaired) electrons. The molecule has 6 nitrogen and oxygen atoms in total. The normalized spacial score (nSPS) is 13.1. The first-order valence-electron chi connectivity index (χ1n) is 7.65. The number of hydrogen-bond donors (Lipinski definition) is 2. The Balaban J connectivity index is 2.00. The van der Waals surface area contributed by atoms with Crippen LogP contribution >= 0.6 is 0 Å². The molecule has 0 saturated carbocycles. The predicted octanol–water partition coefficient (Wildman–Crippen LogP) is 3.44. The van der Waals surface area contributed by atoms with Crippen molar-refractivity contribution in [2.45, 2.75) is 31.1 Å². The van der Waals surface area contributed by atoms with Gasteiger partial charge in [0, 0.05) is 6.07 Å². The monoisotopic (exact) mass is 346 g/mol. The number of para-hydroxylation sites is 1. The molecule has 0 saturated heterocycles. The largest absolute Gasteiger partial charge is 0.417 e. The number of nitrogens with one attached hydrogen (secondary N) is 2. The third-order valence-corrected chi connectivity index (χ3v) is 5.41. The first-order chi connectivity index (χ1) is 11.4. The lowest BCUT2D eigenvalue weighted by atomic mass is 9.97. The molecule has 0 fully saturated rings. The zero-order valence-electron chi connectivity index (χ0n) is 13.4. The Morgan fingerprint density at radius 1 is 1.21 bits per heavy atom. The number of benzene rings is 2. The van der Waals surface area contributed by atoms with Crippen molar-refractivity contribution in [3.05, 3.63) is 58.6 Å². The van der Waals surface area contributed by atoms with Gasteiger partial charge in [0.05, 0.1) is 16.1 Å². The minimum atomic E-state index is -3.79. The van der Waals surface area contributed by atoms with Gasteiger partial charge in [-0.05, 0) is 36.1 Å². The first-order valence-corrected chi connectivity index (χ1v) is 9.13. The highest BCUT2D eigenvalue weighted by Gasteiger charge is 2.18. The molecule has 3 aromatic rings. The van der Waals surface area contributed by atoms with Gasteiger partial charge >= 0.3 is 5.76 Å². The Hall–Kier alpha value is -2.54. The highest BCUT2D eigenvalue weighted by atomic mass is 32.2. The number of fused-ring (bicyclic) bond motifs is 1. The van der Waals surface area contributed by atoms with Crippen molar-refractivity contribution in [1.29, 1.82) is 0 Å². The Bertz CT molecular complexity index is 1030. The van der Waals surface area contributed by atoms with E-state index in [1.165, 1.54) is 18.2 Å². The Morgan fingerprint density at radius 3 is 2.71 bits per heavy atom. The van der Waals surface area contributed by atoms with Crippen LogP contribution in [0.15, 0.2) is 56.6 Å². The average molecular weight is 346 g/mol. The second-order valence-corrected chi connectivity index (χ2v) is 7.36.